The highest BCUT2D eigenvalue weighted by Gasteiger charge is 2.16. The van der Waals surface area contributed by atoms with Crippen LogP contribution in [0.3, 0.4) is 0 Å². The zero-order chi connectivity index (χ0) is 11.4. The van der Waals surface area contributed by atoms with E-state index in [0.29, 0.717) is 10.9 Å². The number of halogens is 2. The highest BCUT2D eigenvalue weighted by molar-refractivity contribution is 9.10. The molecule has 0 aliphatic carbocycles. The Hall–Kier alpha value is -0.860. The molecule has 1 rings (SSSR count). The van der Waals surface area contributed by atoms with Crippen LogP contribution in [0, 0.1) is 11.3 Å². The first-order chi connectivity index (χ1) is 7.13. The van der Waals surface area contributed by atoms with E-state index >= 15 is 0 Å². The van der Waals surface area contributed by atoms with Crippen molar-refractivity contribution in [3.63, 3.8) is 0 Å². The Morgan fingerprint density at radius 3 is 2.73 bits per heavy atom. The van der Waals surface area contributed by atoms with Crippen LogP contribution in [0.2, 0.25) is 0 Å². The van der Waals surface area contributed by atoms with Gasteiger partial charge in [-0.3, -0.25) is 0 Å². The summed E-state index contributed by atoms with van der Waals surface area (Å²) in [7, 11) is 1.29. The van der Waals surface area contributed by atoms with E-state index in [2.05, 4.69) is 36.6 Å². The number of nitrogens with zero attached hydrogens (tertiary/aromatic N) is 1. The number of benzene rings is 1. The first-order valence-corrected chi connectivity index (χ1v) is 5.92. The maximum atomic E-state index is 11.4. The number of carbonyl (C=O) groups excluding carboxylic acids is 1. The lowest BCUT2D eigenvalue weighted by atomic mass is 10.0. The fourth-order valence-corrected chi connectivity index (χ4v) is 2.12. The molecule has 1 aromatic carbocycles. The Bertz CT molecular complexity index is 438. The second-order valence-electron chi connectivity index (χ2n) is 2.72. The minimum absolute atomic E-state index is 0.281. The molecule has 0 bridgehead atoms. The number of hydrogen-bond acceptors (Lipinski definition) is 3. The second kappa shape index (κ2) is 5.29. The lowest BCUT2D eigenvalue weighted by Gasteiger charge is -2.06. The third-order valence-corrected chi connectivity index (χ3v) is 2.91. The minimum atomic E-state index is -0.505. The van der Waals surface area contributed by atoms with Crippen molar-refractivity contribution in [2.75, 3.05) is 7.11 Å². The van der Waals surface area contributed by atoms with Crippen LogP contribution in [0.4, 0.5) is 0 Å². The smallest absolute Gasteiger partial charge is 0.339 e. The molecule has 5 heteroatoms. The van der Waals surface area contributed by atoms with Crippen LogP contribution in [0.5, 0.6) is 0 Å². The average Bonchev–Trinajstić information content (AvgIpc) is 2.26. The SMILES string of the molecule is COC(=O)c1cc(Br)cc(CBr)c1C#N. The first kappa shape index (κ1) is 12.2. The molecule has 0 saturated carbocycles. The van der Waals surface area contributed by atoms with Gasteiger partial charge in [-0.1, -0.05) is 31.9 Å². The van der Waals surface area contributed by atoms with Crippen LogP contribution in [0.1, 0.15) is 21.5 Å². The molecule has 0 atom stereocenters. The molecular formula is C10H7Br2NO2. The summed E-state index contributed by atoms with van der Waals surface area (Å²) in [6, 6.07) is 5.38. The fraction of sp³-hybridized carbons (Fsp3) is 0.200. The molecular weight excluding hydrogens is 326 g/mol. The lowest BCUT2D eigenvalue weighted by Crippen LogP contribution is -2.06. The van der Waals surface area contributed by atoms with E-state index in [-0.39, 0.29) is 5.56 Å². The zero-order valence-electron chi connectivity index (χ0n) is 7.88. The van der Waals surface area contributed by atoms with E-state index in [1.54, 1.807) is 12.1 Å². The molecule has 0 unspecified atom stereocenters. The number of carbonyl (C=O) groups is 1. The summed E-state index contributed by atoms with van der Waals surface area (Å²) >= 11 is 6.54. The Kier molecular flexibility index (Phi) is 4.30. The quantitative estimate of drug-likeness (QED) is 0.618. The normalized spacial score (nSPS) is 9.47. The summed E-state index contributed by atoms with van der Waals surface area (Å²) in [5.41, 5.74) is 1.39. The Balaban J connectivity index is 3.43. The number of rotatable bonds is 2. The van der Waals surface area contributed by atoms with Crippen molar-refractivity contribution in [3.05, 3.63) is 33.3 Å². The van der Waals surface area contributed by atoms with Crippen molar-refractivity contribution in [3.8, 4) is 6.07 Å². The van der Waals surface area contributed by atoms with Crippen molar-refractivity contribution in [2.24, 2.45) is 0 Å². The summed E-state index contributed by atoms with van der Waals surface area (Å²) in [5, 5.41) is 9.48. The largest absolute Gasteiger partial charge is 0.465 e. The van der Waals surface area contributed by atoms with Crippen LogP contribution in [0.25, 0.3) is 0 Å². The molecule has 3 nitrogen and oxygen atoms in total. The first-order valence-electron chi connectivity index (χ1n) is 4.00. The van der Waals surface area contributed by atoms with E-state index in [1.807, 2.05) is 6.07 Å². The average molecular weight is 333 g/mol. The second-order valence-corrected chi connectivity index (χ2v) is 4.20. The number of nitriles is 1. The Labute approximate surface area is 104 Å². The van der Waals surface area contributed by atoms with Crippen molar-refractivity contribution >= 4 is 37.8 Å². The fourth-order valence-electron chi connectivity index (χ4n) is 1.17. The van der Waals surface area contributed by atoms with Crippen LogP contribution in [0.15, 0.2) is 16.6 Å². The van der Waals surface area contributed by atoms with E-state index in [1.165, 1.54) is 7.11 Å². The molecule has 0 N–H and O–H groups in total. The molecule has 0 fully saturated rings. The van der Waals surface area contributed by atoms with Crippen molar-refractivity contribution < 1.29 is 9.53 Å². The number of hydrogen-bond donors (Lipinski definition) is 0. The van der Waals surface area contributed by atoms with Gasteiger partial charge in [0.1, 0.15) is 6.07 Å². The van der Waals surface area contributed by atoms with Gasteiger partial charge >= 0.3 is 5.97 Å². The standard InChI is InChI=1S/C10H7Br2NO2/c1-15-10(14)8-3-7(12)2-6(4-11)9(8)5-13/h2-3H,4H2,1H3. The molecule has 0 aliphatic heterocycles. The molecule has 0 aromatic heterocycles. The van der Waals surface area contributed by atoms with E-state index in [9.17, 15) is 4.79 Å². The number of ether oxygens (including phenoxy) is 1. The predicted molar refractivity (Wildman–Crippen MR) is 62.8 cm³/mol. The molecule has 78 valence electrons. The van der Waals surface area contributed by atoms with E-state index < -0.39 is 5.97 Å². The van der Waals surface area contributed by atoms with Gasteiger partial charge in [-0.25, -0.2) is 4.79 Å². The molecule has 0 radical (unpaired) electrons. The number of esters is 1. The third-order valence-electron chi connectivity index (χ3n) is 1.85. The van der Waals surface area contributed by atoms with Crippen LogP contribution < -0.4 is 0 Å². The van der Waals surface area contributed by atoms with Gasteiger partial charge in [-0.15, -0.1) is 0 Å². The van der Waals surface area contributed by atoms with Crippen molar-refractivity contribution in [1.82, 2.24) is 0 Å². The van der Waals surface area contributed by atoms with Crippen molar-refractivity contribution in [1.29, 1.82) is 5.26 Å². The van der Waals surface area contributed by atoms with Gasteiger partial charge in [0.05, 0.1) is 18.2 Å². The van der Waals surface area contributed by atoms with Gasteiger partial charge in [0, 0.05) is 9.80 Å². The van der Waals surface area contributed by atoms with Gasteiger partial charge in [0.25, 0.3) is 0 Å². The van der Waals surface area contributed by atoms with Crippen molar-refractivity contribution in [2.45, 2.75) is 5.33 Å². The lowest BCUT2D eigenvalue weighted by molar-refractivity contribution is 0.0600. The molecule has 0 aliphatic rings. The van der Waals surface area contributed by atoms with Gasteiger partial charge in [-0.2, -0.15) is 5.26 Å². The third kappa shape index (κ3) is 2.58. The summed E-state index contributed by atoms with van der Waals surface area (Å²) < 4.78 is 5.35. The summed E-state index contributed by atoms with van der Waals surface area (Å²) in [6.45, 7) is 0. The molecule has 0 heterocycles. The van der Waals surface area contributed by atoms with E-state index in [0.717, 1.165) is 10.0 Å². The number of alkyl halides is 1. The Morgan fingerprint density at radius 2 is 2.27 bits per heavy atom. The Morgan fingerprint density at radius 1 is 1.60 bits per heavy atom. The minimum Gasteiger partial charge on any atom is -0.465 e. The highest BCUT2D eigenvalue weighted by atomic mass is 79.9. The monoisotopic (exact) mass is 331 g/mol. The van der Waals surface area contributed by atoms with Crippen LogP contribution >= 0.6 is 31.9 Å². The molecule has 0 amide bonds. The molecule has 15 heavy (non-hydrogen) atoms. The summed E-state index contributed by atoms with van der Waals surface area (Å²) in [5.74, 6) is -0.505. The van der Waals surface area contributed by atoms with Crippen LogP contribution in [-0.2, 0) is 10.1 Å². The predicted octanol–water partition coefficient (Wildman–Crippen LogP) is 3.00. The van der Waals surface area contributed by atoms with Gasteiger partial charge in [0.2, 0.25) is 0 Å². The molecule has 1 aromatic rings. The van der Waals surface area contributed by atoms with Gasteiger partial charge in [-0.05, 0) is 17.7 Å². The summed E-state index contributed by atoms with van der Waals surface area (Å²) in [4.78, 5) is 11.4. The maximum absolute atomic E-state index is 11.4. The maximum Gasteiger partial charge on any atom is 0.339 e. The van der Waals surface area contributed by atoms with E-state index in [4.69, 9.17) is 5.26 Å². The topological polar surface area (TPSA) is 50.1 Å². The molecule has 0 spiro atoms. The zero-order valence-corrected chi connectivity index (χ0v) is 11.1. The van der Waals surface area contributed by atoms with Crippen LogP contribution in [-0.4, -0.2) is 13.1 Å². The molecule has 0 saturated heterocycles. The summed E-state index contributed by atoms with van der Waals surface area (Å²) in [6.07, 6.45) is 0. The van der Waals surface area contributed by atoms with Gasteiger partial charge < -0.3 is 4.74 Å². The van der Waals surface area contributed by atoms with Gasteiger partial charge in [0.15, 0.2) is 0 Å². The number of methoxy groups -OCH3 is 1. The highest BCUT2D eigenvalue weighted by Crippen LogP contribution is 2.23.